The second-order valence-electron chi connectivity index (χ2n) is 9.10. The molecule has 21 heteroatoms. The summed E-state index contributed by atoms with van der Waals surface area (Å²) >= 11 is 0. The molecule has 0 amide bonds. The van der Waals surface area contributed by atoms with Crippen molar-refractivity contribution in [3.63, 3.8) is 0 Å². The van der Waals surface area contributed by atoms with E-state index in [0.717, 1.165) is 64.7 Å². The van der Waals surface area contributed by atoms with Crippen LogP contribution in [0.15, 0.2) is 29.0 Å². The van der Waals surface area contributed by atoms with Crippen LogP contribution in [0, 0.1) is 0 Å². The number of imidazole rings is 1. The van der Waals surface area contributed by atoms with E-state index in [-0.39, 0.29) is 0 Å². The van der Waals surface area contributed by atoms with Gasteiger partial charge in [0.1, 0.15) is 11.6 Å². The number of aromatic nitrogens is 2. The molecule has 3 N–H and O–H groups in total. The van der Waals surface area contributed by atoms with E-state index < -0.39 is 36.4 Å². The first-order valence-corrected chi connectivity index (χ1v) is 12.2. The molecule has 4 rings (SSSR count). The number of alkyl halides is 9. The number of hydrogen-bond acceptors (Lipinski definition) is 8. The van der Waals surface area contributed by atoms with E-state index in [2.05, 4.69) is 37.5 Å². The predicted octanol–water partition coefficient (Wildman–Crippen LogP) is 3.14. The molecule has 2 aliphatic heterocycles. The van der Waals surface area contributed by atoms with E-state index in [1.54, 1.807) is 6.26 Å². The van der Waals surface area contributed by atoms with Crippen molar-refractivity contribution in [2.75, 3.05) is 39.8 Å². The molecule has 250 valence electrons. The van der Waals surface area contributed by atoms with E-state index in [4.69, 9.17) is 34.1 Å². The topological polar surface area (TPSA) is 153 Å². The number of piperazine rings is 1. The number of hydrogen-bond donors (Lipinski definition) is 3. The highest BCUT2D eigenvalue weighted by Crippen LogP contribution is 2.19. The van der Waals surface area contributed by atoms with Crippen molar-refractivity contribution in [3.8, 4) is 0 Å². The SMILES string of the molecule is CN1CCN(Cc2cnc3n2CCN(Cc2ccco2)C3)CC1.O=C(O)C(F)(F)F.O=C(O)C(F)(F)F.O=C(O)C(F)(F)F. The molecule has 0 bridgehead atoms. The summed E-state index contributed by atoms with van der Waals surface area (Å²) in [5.74, 6) is -6.05. The fourth-order valence-electron chi connectivity index (χ4n) is 3.49. The number of carboxylic acids is 3. The van der Waals surface area contributed by atoms with Crippen LogP contribution < -0.4 is 0 Å². The number of rotatable bonds is 4. The van der Waals surface area contributed by atoms with Crippen LogP contribution in [-0.4, -0.2) is 116 Å². The van der Waals surface area contributed by atoms with Crippen LogP contribution in [0.3, 0.4) is 0 Å². The van der Waals surface area contributed by atoms with Crippen molar-refractivity contribution in [2.45, 2.75) is 44.7 Å². The zero-order chi connectivity index (χ0) is 33.9. The van der Waals surface area contributed by atoms with Crippen molar-refractivity contribution in [2.24, 2.45) is 0 Å². The first-order chi connectivity index (χ1) is 20.1. The van der Waals surface area contributed by atoms with Gasteiger partial charge in [-0.1, -0.05) is 0 Å². The maximum absolute atomic E-state index is 10.6. The Balaban J connectivity index is 0.000000379. The molecule has 0 saturated carbocycles. The minimum absolute atomic E-state index is 0.869. The molecule has 0 aromatic carbocycles. The molecule has 0 spiro atoms. The maximum atomic E-state index is 10.6. The molecule has 1 fully saturated rings. The largest absolute Gasteiger partial charge is 0.490 e. The number of furan rings is 1. The lowest BCUT2D eigenvalue weighted by Gasteiger charge is -2.33. The van der Waals surface area contributed by atoms with Gasteiger partial charge in [-0.25, -0.2) is 19.4 Å². The Hall–Kier alpha value is -3.85. The van der Waals surface area contributed by atoms with Crippen molar-refractivity contribution in [1.82, 2.24) is 24.3 Å². The third kappa shape index (κ3) is 14.1. The van der Waals surface area contributed by atoms with Crippen molar-refractivity contribution < 1.29 is 73.6 Å². The summed E-state index contributed by atoms with van der Waals surface area (Å²) in [5.41, 5.74) is 1.36. The van der Waals surface area contributed by atoms with Crippen LogP contribution in [0.2, 0.25) is 0 Å². The fraction of sp³-hybridized carbons (Fsp3) is 0.565. The lowest BCUT2D eigenvalue weighted by atomic mass is 10.3. The summed E-state index contributed by atoms with van der Waals surface area (Å²) in [6, 6.07) is 3.99. The highest BCUT2D eigenvalue weighted by atomic mass is 19.4. The van der Waals surface area contributed by atoms with Gasteiger partial charge in [0.15, 0.2) is 0 Å². The standard InChI is InChI=1S/C17H25N5O.3C2HF3O2/c1-19-4-6-20(7-5-19)12-15-11-18-17-14-21(8-9-22(15)17)13-16-3-2-10-23-16;3*3-2(4,5)1(6)7/h2-3,10-11H,4-9,12-14H2,1H3;3*(H,6,7). The Labute approximate surface area is 242 Å². The number of carbonyl (C=O) groups is 3. The average molecular weight is 657 g/mol. The summed E-state index contributed by atoms with van der Waals surface area (Å²) in [5, 5.41) is 21.4. The van der Waals surface area contributed by atoms with Crippen LogP contribution in [0.25, 0.3) is 0 Å². The molecule has 12 nitrogen and oxygen atoms in total. The average Bonchev–Trinajstić information content (AvgIpc) is 3.55. The van der Waals surface area contributed by atoms with Crippen LogP contribution in [-0.2, 0) is 40.6 Å². The Morgan fingerprint density at radius 3 is 1.64 bits per heavy atom. The molecular formula is C23H28F9N5O7. The first kappa shape index (κ1) is 38.2. The number of carboxylic acid groups (broad SMARTS) is 3. The van der Waals surface area contributed by atoms with Gasteiger partial charge in [-0.05, 0) is 19.2 Å². The van der Waals surface area contributed by atoms with E-state index in [9.17, 15) is 39.5 Å². The second kappa shape index (κ2) is 16.3. The molecule has 2 aromatic heterocycles. The van der Waals surface area contributed by atoms with E-state index in [1.165, 1.54) is 11.5 Å². The van der Waals surface area contributed by atoms with Gasteiger partial charge in [0.25, 0.3) is 0 Å². The van der Waals surface area contributed by atoms with Crippen molar-refractivity contribution >= 4 is 17.9 Å². The van der Waals surface area contributed by atoms with Crippen LogP contribution >= 0.6 is 0 Å². The summed E-state index contributed by atoms with van der Waals surface area (Å²) < 4.78 is 103. The van der Waals surface area contributed by atoms with Gasteiger partial charge in [0.05, 0.1) is 25.0 Å². The van der Waals surface area contributed by atoms with Crippen molar-refractivity contribution in [1.29, 1.82) is 0 Å². The molecule has 44 heavy (non-hydrogen) atoms. The lowest BCUT2D eigenvalue weighted by molar-refractivity contribution is -0.193. The second-order valence-corrected chi connectivity index (χ2v) is 9.10. The molecular weight excluding hydrogens is 629 g/mol. The van der Waals surface area contributed by atoms with E-state index in [1.807, 2.05) is 12.1 Å². The van der Waals surface area contributed by atoms with E-state index >= 15 is 0 Å². The summed E-state index contributed by atoms with van der Waals surface area (Å²) in [6.45, 7) is 9.52. The molecule has 2 aromatic rings. The van der Waals surface area contributed by atoms with Crippen LogP contribution in [0.5, 0.6) is 0 Å². The van der Waals surface area contributed by atoms with Gasteiger partial charge in [-0.2, -0.15) is 39.5 Å². The first-order valence-electron chi connectivity index (χ1n) is 12.2. The number of likely N-dealkylation sites (N-methyl/N-ethyl adjacent to an activating group) is 1. The zero-order valence-corrected chi connectivity index (χ0v) is 22.8. The maximum Gasteiger partial charge on any atom is 0.490 e. The molecule has 0 aliphatic carbocycles. The van der Waals surface area contributed by atoms with Gasteiger partial charge >= 0.3 is 36.4 Å². The minimum Gasteiger partial charge on any atom is -0.475 e. The minimum atomic E-state index is -5.08. The normalized spacial score (nSPS) is 16.2. The van der Waals surface area contributed by atoms with Gasteiger partial charge in [-0.15, -0.1) is 0 Å². The Morgan fingerprint density at radius 2 is 1.23 bits per heavy atom. The van der Waals surface area contributed by atoms with E-state index in [0.29, 0.717) is 0 Å². The van der Waals surface area contributed by atoms with Crippen LogP contribution in [0.4, 0.5) is 39.5 Å². The smallest absolute Gasteiger partial charge is 0.475 e. The molecule has 4 heterocycles. The number of aliphatic carboxylic acids is 3. The molecule has 0 unspecified atom stereocenters. The highest BCUT2D eigenvalue weighted by Gasteiger charge is 2.39. The van der Waals surface area contributed by atoms with Gasteiger partial charge < -0.3 is 29.2 Å². The predicted molar refractivity (Wildman–Crippen MR) is 129 cm³/mol. The van der Waals surface area contributed by atoms with Crippen LogP contribution in [0.1, 0.15) is 17.3 Å². The Kier molecular flexibility index (Phi) is 14.1. The summed E-state index contributed by atoms with van der Waals surface area (Å²) in [4.78, 5) is 38.7. The third-order valence-corrected chi connectivity index (χ3v) is 5.69. The molecule has 0 radical (unpaired) electrons. The molecule has 0 atom stereocenters. The molecule has 1 saturated heterocycles. The third-order valence-electron chi connectivity index (χ3n) is 5.69. The number of halogens is 9. The number of nitrogens with zero attached hydrogens (tertiary/aromatic N) is 5. The number of fused-ring (bicyclic) bond motifs is 1. The Bertz CT molecular complexity index is 1130. The highest BCUT2D eigenvalue weighted by molar-refractivity contribution is 5.73. The van der Waals surface area contributed by atoms with Gasteiger partial charge in [0, 0.05) is 52.0 Å². The molecule has 2 aliphatic rings. The quantitative estimate of drug-likeness (QED) is 0.416. The van der Waals surface area contributed by atoms with Gasteiger partial charge in [0.2, 0.25) is 0 Å². The summed E-state index contributed by atoms with van der Waals surface area (Å²) in [6.07, 6.45) is -11.4. The lowest BCUT2D eigenvalue weighted by Crippen LogP contribution is -2.44. The van der Waals surface area contributed by atoms with Crippen molar-refractivity contribution in [3.05, 3.63) is 41.9 Å². The fourth-order valence-corrected chi connectivity index (χ4v) is 3.49. The monoisotopic (exact) mass is 657 g/mol. The van der Waals surface area contributed by atoms with Gasteiger partial charge in [-0.3, -0.25) is 9.80 Å². The Morgan fingerprint density at radius 1 is 0.773 bits per heavy atom. The summed E-state index contributed by atoms with van der Waals surface area (Å²) in [7, 11) is 2.20. The zero-order valence-electron chi connectivity index (χ0n) is 22.8.